The predicted octanol–water partition coefficient (Wildman–Crippen LogP) is 3.77. The first-order valence-electron chi connectivity index (χ1n) is 8.84. The number of nitrogens with zero attached hydrogens (tertiary/aromatic N) is 1. The van der Waals surface area contributed by atoms with Gasteiger partial charge in [-0.15, -0.1) is 0 Å². The Bertz CT molecular complexity index is 335. The van der Waals surface area contributed by atoms with Crippen LogP contribution in [-0.4, -0.2) is 31.6 Å². The Labute approximate surface area is 138 Å². The Hall–Kier alpha value is -0.900. The lowest BCUT2D eigenvalue weighted by Crippen LogP contribution is -2.22. The minimum absolute atomic E-state index is 0.624. The summed E-state index contributed by atoms with van der Waals surface area (Å²) < 4.78 is 0. The second-order valence-corrected chi connectivity index (χ2v) is 5.91. The summed E-state index contributed by atoms with van der Waals surface area (Å²) in [6.45, 7) is 11.6. The third-order valence-electron chi connectivity index (χ3n) is 3.34. The third kappa shape index (κ3) is 11.7. The average molecular weight is 308 g/mol. The monoisotopic (exact) mass is 307 g/mol. The van der Waals surface area contributed by atoms with Gasteiger partial charge in [0.05, 0.1) is 0 Å². The van der Waals surface area contributed by atoms with E-state index in [0.717, 1.165) is 13.1 Å². The van der Waals surface area contributed by atoms with Crippen LogP contribution in [0.2, 0.25) is 0 Å². The molecule has 3 N–H and O–H groups in total. The third-order valence-corrected chi connectivity index (χ3v) is 3.34. The van der Waals surface area contributed by atoms with Crippen LogP contribution in [0.25, 0.3) is 0 Å². The molecule has 1 aromatic carbocycles. The topological polar surface area (TPSA) is 41.3 Å². The molecule has 0 radical (unpaired) electrons. The van der Waals surface area contributed by atoms with Crippen LogP contribution in [0.3, 0.4) is 0 Å². The molecule has 0 amide bonds. The summed E-state index contributed by atoms with van der Waals surface area (Å²) in [5.41, 5.74) is 8.11. The van der Waals surface area contributed by atoms with E-state index in [2.05, 4.69) is 62.3 Å². The Kier molecular flexibility index (Phi) is 14.4. The SMILES string of the molecule is CCC.CCCN(C)CCCCNCc1ccc(CN)cc1. The molecule has 1 rings (SSSR count). The fraction of sp³-hybridized carbons (Fsp3) is 0.684. The van der Waals surface area contributed by atoms with Crippen LogP contribution in [0.1, 0.15) is 57.6 Å². The lowest BCUT2D eigenvalue weighted by molar-refractivity contribution is 0.325. The largest absolute Gasteiger partial charge is 0.326 e. The van der Waals surface area contributed by atoms with Gasteiger partial charge in [0, 0.05) is 13.1 Å². The van der Waals surface area contributed by atoms with Gasteiger partial charge < -0.3 is 16.0 Å². The second-order valence-electron chi connectivity index (χ2n) is 5.91. The molecule has 3 heteroatoms. The van der Waals surface area contributed by atoms with E-state index < -0.39 is 0 Å². The van der Waals surface area contributed by atoms with Gasteiger partial charge in [-0.1, -0.05) is 51.5 Å². The number of hydrogen-bond donors (Lipinski definition) is 2. The van der Waals surface area contributed by atoms with Crippen molar-refractivity contribution in [2.45, 2.75) is 59.5 Å². The smallest absolute Gasteiger partial charge is 0.0205 e. The van der Waals surface area contributed by atoms with Crippen LogP contribution in [-0.2, 0) is 13.1 Å². The average Bonchev–Trinajstić information content (AvgIpc) is 2.52. The lowest BCUT2D eigenvalue weighted by Gasteiger charge is -2.15. The second kappa shape index (κ2) is 15.0. The molecule has 22 heavy (non-hydrogen) atoms. The van der Waals surface area contributed by atoms with Crippen molar-refractivity contribution in [2.75, 3.05) is 26.7 Å². The molecule has 0 unspecified atom stereocenters. The highest BCUT2D eigenvalue weighted by Gasteiger charge is 1.97. The van der Waals surface area contributed by atoms with Crippen LogP contribution in [0.15, 0.2) is 24.3 Å². The summed E-state index contributed by atoms with van der Waals surface area (Å²) in [7, 11) is 2.20. The molecule has 0 heterocycles. The van der Waals surface area contributed by atoms with E-state index in [4.69, 9.17) is 5.73 Å². The Morgan fingerprint density at radius 3 is 2.09 bits per heavy atom. The van der Waals surface area contributed by atoms with Crippen LogP contribution in [0.4, 0.5) is 0 Å². The van der Waals surface area contributed by atoms with Crippen molar-refractivity contribution < 1.29 is 0 Å². The van der Waals surface area contributed by atoms with Crippen molar-refractivity contribution >= 4 is 0 Å². The van der Waals surface area contributed by atoms with Crippen molar-refractivity contribution in [1.29, 1.82) is 0 Å². The number of hydrogen-bond acceptors (Lipinski definition) is 3. The zero-order valence-electron chi connectivity index (χ0n) is 15.2. The molecule has 0 saturated carbocycles. The first-order chi connectivity index (χ1) is 10.7. The Morgan fingerprint density at radius 1 is 0.955 bits per heavy atom. The normalized spacial score (nSPS) is 10.5. The summed E-state index contributed by atoms with van der Waals surface area (Å²) in [5.74, 6) is 0. The number of unbranched alkanes of at least 4 members (excludes halogenated alkanes) is 1. The Morgan fingerprint density at radius 2 is 1.55 bits per heavy atom. The first kappa shape index (κ1) is 21.1. The van der Waals surface area contributed by atoms with Gasteiger partial charge in [0.25, 0.3) is 0 Å². The van der Waals surface area contributed by atoms with Gasteiger partial charge in [-0.25, -0.2) is 0 Å². The molecule has 0 bridgehead atoms. The van der Waals surface area contributed by atoms with Crippen LogP contribution < -0.4 is 11.1 Å². The zero-order chi connectivity index (χ0) is 16.6. The van der Waals surface area contributed by atoms with Crippen LogP contribution >= 0.6 is 0 Å². The van der Waals surface area contributed by atoms with Gasteiger partial charge in [0.15, 0.2) is 0 Å². The van der Waals surface area contributed by atoms with E-state index >= 15 is 0 Å². The maximum Gasteiger partial charge on any atom is 0.0205 e. The number of benzene rings is 1. The van der Waals surface area contributed by atoms with E-state index in [-0.39, 0.29) is 0 Å². The predicted molar refractivity (Wildman–Crippen MR) is 99.0 cm³/mol. The van der Waals surface area contributed by atoms with Crippen LogP contribution in [0.5, 0.6) is 0 Å². The molecule has 0 aromatic heterocycles. The van der Waals surface area contributed by atoms with Gasteiger partial charge in [-0.05, 0) is 57.1 Å². The highest BCUT2D eigenvalue weighted by molar-refractivity contribution is 5.22. The van der Waals surface area contributed by atoms with Crippen molar-refractivity contribution in [3.05, 3.63) is 35.4 Å². The fourth-order valence-electron chi connectivity index (χ4n) is 2.15. The van der Waals surface area contributed by atoms with E-state index in [0.29, 0.717) is 6.54 Å². The molecular formula is C19H37N3. The molecule has 3 nitrogen and oxygen atoms in total. The van der Waals surface area contributed by atoms with Crippen LogP contribution in [0, 0.1) is 0 Å². The first-order valence-corrected chi connectivity index (χ1v) is 8.84. The molecule has 0 spiro atoms. The summed E-state index contributed by atoms with van der Waals surface area (Å²) in [6.07, 6.45) is 5.01. The molecule has 1 aromatic rings. The lowest BCUT2D eigenvalue weighted by atomic mass is 10.1. The number of nitrogens with one attached hydrogen (secondary N) is 1. The molecule has 0 aliphatic heterocycles. The van der Waals surface area contributed by atoms with E-state index in [1.807, 2.05) is 0 Å². The Balaban J connectivity index is 0.00000135. The van der Waals surface area contributed by atoms with Gasteiger partial charge in [-0.2, -0.15) is 0 Å². The minimum Gasteiger partial charge on any atom is -0.326 e. The minimum atomic E-state index is 0.624. The highest BCUT2D eigenvalue weighted by Crippen LogP contribution is 2.03. The molecule has 0 fully saturated rings. The van der Waals surface area contributed by atoms with Gasteiger partial charge >= 0.3 is 0 Å². The van der Waals surface area contributed by atoms with Crippen molar-refractivity contribution in [3.8, 4) is 0 Å². The molecule has 0 atom stereocenters. The zero-order valence-corrected chi connectivity index (χ0v) is 15.2. The summed E-state index contributed by atoms with van der Waals surface area (Å²) in [4.78, 5) is 2.41. The maximum absolute atomic E-state index is 5.58. The quantitative estimate of drug-likeness (QED) is 0.646. The van der Waals surface area contributed by atoms with Gasteiger partial charge in [0.2, 0.25) is 0 Å². The summed E-state index contributed by atoms with van der Waals surface area (Å²) in [6, 6.07) is 8.53. The molecule has 128 valence electrons. The molecule has 0 aliphatic rings. The maximum atomic E-state index is 5.58. The standard InChI is InChI=1S/C16H29N3.C3H8/c1-3-11-19(2)12-5-4-10-18-14-16-8-6-15(13-17)7-9-16;1-3-2/h6-9,18H,3-5,10-14,17H2,1-2H3;3H2,1-2H3. The van der Waals surface area contributed by atoms with Crippen molar-refractivity contribution in [2.24, 2.45) is 5.73 Å². The van der Waals surface area contributed by atoms with E-state index in [1.165, 1.54) is 49.9 Å². The summed E-state index contributed by atoms with van der Waals surface area (Å²) in [5, 5.41) is 3.50. The molecular weight excluding hydrogens is 270 g/mol. The van der Waals surface area contributed by atoms with Gasteiger partial charge in [0.1, 0.15) is 0 Å². The molecule has 0 aliphatic carbocycles. The fourth-order valence-corrected chi connectivity index (χ4v) is 2.15. The van der Waals surface area contributed by atoms with E-state index in [1.54, 1.807) is 0 Å². The number of nitrogens with two attached hydrogens (primary N) is 1. The summed E-state index contributed by atoms with van der Waals surface area (Å²) >= 11 is 0. The van der Waals surface area contributed by atoms with Crippen molar-refractivity contribution in [1.82, 2.24) is 10.2 Å². The number of rotatable bonds is 10. The van der Waals surface area contributed by atoms with Gasteiger partial charge in [-0.3, -0.25) is 0 Å². The van der Waals surface area contributed by atoms with E-state index in [9.17, 15) is 0 Å². The highest BCUT2D eigenvalue weighted by atomic mass is 15.1. The van der Waals surface area contributed by atoms with Crippen molar-refractivity contribution in [3.63, 3.8) is 0 Å². The molecule has 0 saturated heterocycles.